The molecule has 0 amide bonds. The van der Waals surface area contributed by atoms with Gasteiger partial charge in [0, 0.05) is 24.7 Å². The predicted molar refractivity (Wildman–Crippen MR) is 91.4 cm³/mol. The van der Waals surface area contributed by atoms with Crippen LogP contribution in [0.3, 0.4) is 0 Å². The Hall–Kier alpha value is -3.38. The maximum atomic E-state index is 12.8. The van der Waals surface area contributed by atoms with Crippen molar-refractivity contribution < 1.29 is 28.2 Å². The Kier molecular flexibility index (Phi) is 5.82. The van der Waals surface area contributed by atoms with Gasteiger partial charge in [0.05, 0.1) is 9.85 Å². The number of hydrogen-bond acceptors (Lipinski definition) is 7. The summed E-state index contributed by atoms with van der Waals surface area (Å²) in [6, 6.07) is 9.43. The molecule has 27 heavy (non-hydrogen) atoms. The van der Waals surface area contributed by atoms with Crippen molar-refractivity contribution in [3.63, 3.8) is 0 Å². The van der Waals surface area contributed by atoms with Crippen LogP contribution in [0, 0.1) is 20.2 Å². The van der Waals surface area contributed by atoms with Gasteiger partial charge < -0.3 is 5.11 Å². The lowest BCUT2D eigenvalue weighted by Crippen LogP contribution is -2.35. The van der Waals surface area contributed by atoms with E-state index in [0.29, 0.717) is 4.31 Å². The Bertz CT molecular complexity index is 988. The fraction of sp³-hybridized carbons (Fsp3) is 0.133. The van der Waals surface area contributed by atoms with E-state index in [4.69, 9.17) is 5.11 Å². The number of nitro groups is 2. The quantitative estimate of drug-likeness (QED) is 0.522. The van der Waals surface area contributed by atoms with Crippen molar-refractivity contribution >= 4 is 27.4 Å². The summed E-state index contributed by atoms with van der Waals surface area (Å²) in [6.07, 6.45) is 0. The average Bonchev–Trinajstić information content (AvgIpc) is 2.61. The Morgan fingerprint density at radius 1 is 1.00 bits per heavy atom. The van der Waals surface area contributed by atoms with Gasteiger partial charge >= 0.3 is 5.97 Å². The maximum Gasteiger partial charge on any atom is 0.318 e. The highest BCUT2D eigenvalue weighted by atomic mass is 32.2. The summed E-state index contributed by atoms with van der Waals surface area (Å²) >= 11 is 0. The lowest BCUT2D eigenvalue weighted by Gasteiger charge is -2.20. The Morgan fingerprint density at radius 2 is 1.59 bits per heavy atom. The SMILES string of the molecule is O=C(O)CN(Cc1ccc([N+](=O)[O-])cc1)S(=O)(=O)c1ccccc1[N+](=O)[O-]. The van der Waals surface area contributed by atoms with Gasteiger partial charge in [0.2, 0.25) is 0 Å². The zero-order valence-electron chi connectivity index (χ0n) is 13.6. The molecule has 0 bridgehead atoms. The summed E-state index contributed by atoms with van der Waals surface area (Å²) in [7, 11) is -4.52. The van der Waals surface area contributed by atoms with Crippen molar-refractivity contribution in [2.24, 2.45) is 0 Å². The van der Waals surface area contributed by atoms with Crippen LogP contribution in [0.5, 0.6) is 0 Å². The number of nitro benzene ring substituents is 2. The number of non-ortho nitro benzene ring substituents is 1. The zero-order chi connectivity index (χ0) is 20.2. The Balaban J connectivity index is 2.45. The summed E-state index contributed by atoms with van der Waals surface area (Å²) in [4.78, 5) is 30.8. The molecule has 0 aliphatic heterocycles. The minimum Gasteiger partial charge on any atom is -0.480 e. The van der Waals surface area contributed by atoms with Gasteiger partial charge in [0.15, 0.2) is 4.90 Å². The summed E-state index contributed by atoms with van der Waals surface area (Å²) in [5, 5.41) is 30.8. The van der Waals surface area contributed by atoms with Crippen molar-refractivity contribution in [1.29, 1.82) is 0 Å². The number of nitrogens with zero attached hydrogens (tertiary/aromatic N) is 3. The lowest BCUT2D eigenvalue weighted by molar-refractivity contribution is -0.387. The fourth-order valence-electron chi connectivity index (χ4n) is 2.27. The van der Waals surface area contributed by atoms with E-state index in [-0.39, 0.29) is 11.3 Å². The number of carbonyl (C=O) groups is 1. The topological polar surface area (TPSA) is 161 Å². The van der Waals surface area contributed by atoms with Crippen LogP contribution in [0.1, 0.15) is 5.56 Å². The highest BCUT2D eigenvalue weighted by Crippen LogP contribution is 2.27. The van der Waals surface area contributed by atoms with Gasteiger partial charge in [0.25, 0.3) is 21.4 Å². The fourth-order valence-corrected chi connectivity index (χ4v) is 3.80. The van der Waals surface area contributed by atoms with E-state index in [9.17, 15) is 33.4 Å². The van der Waals surface area contributed by atoms with Crippen LogP contribution in [0.2, 0.25) is 0 Å². The molecule has 2 rings (SSSR count). The molecule has 0 atom stereocenters. The number of para-hydroxylation sites is 1. The summed E-state index contributed by atoms with van der Waals surface area (Å²) in [5.41, 5.74) is -0.620. The molecule has 0 heterocycles. The van der Waals surface area contributed by atoms with Crippen LogP contribution in [-0.2, 0) is 21.4 Å². The molecule has 0 spiro atoms. The van der Waals surface area contributed by atoms with E-state index in [1.165, 1.54) is 24.3 Å². The number of hydrogen-bond donors (Lipinski definition) is 1. The van der Waals surface area contributed by atoms with Crippen molar-refractivity contribution in [3.8, 4) is 0 Å². The summed E-state index contributed by atoms with van der Waals surface area (Å²) in [5.74, 6) is -1.46. The van der Waals surface area contributed by atoms with Crippen molar-refractivity contribution in [2.75, 3.05) is 6.54 Å². The molecule has 2 aromatic rings. The van der Waals surface area contributed by atoms with Gasteiger partial charge in [0.1, 0.15) is 6.54 Å². The third-order valence-electron chi connectivity index (χ3n) is 3.50. The van der Waals surface area contributed by atoms with Gasteiger partial charge in [-0.25, -0.2) is 8.42 Å². The lowest BCUT2D eigenvalue weighted by atomic mass is 10.2. The molecule has 0 aliphatic rings. The standard InChI is InChI=1S/C15H13N3O8S/c19-15(20)10-16(9-11-5-7-12(8-6-11)17(21)22)27(25,26)14-4-2-1-3-13(14)18(23)24/h1-8H,9-10H2,(H,19,20). The third kappa shape index (κ3) is 4.62. The monoisotopic (exact) mass is 395 g/mol. The maximum absolute atomic E-state index is 12.8. The molecule has 1 N–H and O–H groups in total. The first kappa shape index (κ1) is 19.9. The molecule has 0 saturated heterocycles. The van der Waals surface area contributed by atoms with E-state index in [1.54, 1.807) is 0 Å². The van der Waals surface area contributed by atoms with Gasteiger partial charge in [-0.15, -0.1) is 0 Å². The first-order chi connectivity index (χ1) is 12.6. The van der Waals surface area contributed by atoms with Crippen LogP contribution in [-0.4, -0.2) is 40.2 Å². The van der Waals surface area contributed by atoms with Gasteiger partial charge in [-0.1, -0.05) is 24.3 Å². The molecule has 0 unspecified atom stereocenters. The number of sulfonamides is 1. The Morgan fingerprint density at radius 3 is 2.11 bits per heavy atom. The zero-order valence-corrected chi connectivity index (χ0v) is 14.4. The largest absolute Gasteiger partial charge is 0.480 e. The Labute approximate surface area is 152 Å². The van der Waals surface area contributed by atoms with E-state index >= 15 is 0 Å². The number of carboxylic acids is 1. The number of rotatable bonds is 8. The normalized spacial score (nSPS) is 11.3. The molecular formula is C15H13N3O8S. The summed E-state index contributed by atoms with van der Waals surface area (Å²) < 4.78 is 26.2. The molecule has 0 fully saturated rings. The van der Waals surface area contributed by atoms with Crippen LogP contribution < -0.4 is 0 Å². The number of carboxylic acid groups (broad SMARTS) is 1. The predicted octanol–water partition coefficient (Wildman–Crippen LogP) is 1.78. The van der Waals surface area contributed by atoms with Crippen LogP contribution >= 0.6 is 0 Å². The van der Waals surface area contributed by atoms with Crippen LogP contribution in [0.15, 0.2) is 53.4 Å². The van der Waals surface area contributed by atoms with E-state index < -0.39 is 49.5 Å². The van der Waals surface area contributed by atoms with Crippen molar-refractivity contribution in [1.82, 2.24) is 4.31 Å². The average molecular weight is 395 g/mol. The summed E-state index contributed by atoms with van der Waals surface area (Å²) in [6.45, 7) is -1.37. The van der Waals surface area contributed by atoms with E-state index in [2.05, 4.69) is 0 Å². The molecule has 0 aliphatic carbocycles. The van der Waals surface area contributed by atoms with Gasteiger partial charge in [-0.2, -0.15) is 4.31 Å². The van der Waals surface area contributed by atoms with Crippen molar-refractivity contribution in [3.05, 3.63) is 74.3 Å². The second-order valence-corrected chi connectivity index (χ2v) is 7.22. The first-order valence-electron chi connectivity index (χ1n) is 7.31. The first-order valence-corrected chi connectivity index (χ1v) is 8.75. The van der Waals surface area contributed by atoms with Gasteiger partial charge in [-0.3, -0.25) is 25.0 Å². The smallest absolute Gasteiger partial charge is 0.318 e. The number of aliphatic carboxylic acids is 1. The van der Waals surface area contributed by atoms with Crippen LogP contribution in [0.25, 0.3) is 0 Å². The highest BCUT2D eigenvalue weighted by Gasteiger charge is 2.32. The molecular weight excluding hydrogens is 382 g/mol. The second-order valence-electron chi connectivity index (χ2n) is 5.32. The molecule has 12 heteroatoms. The van der Waals surface area contributed by atoms with Crippen LogP contribution in [0.4, 0.5) is 11.4 Å². The highest BCUT2D eigenvalue weighted by molar-refractivity contribution is 7.89. The molecule has 2 aromatic carbocycles. The third-order valence-corrected chi connectivity index (χ3v) is 5.34. The minimum absolute atomic E-state index is 0.218. The molecule has 142 valence electrons. The van der Waals surface area contributed by atoms with Crippen molar-refractivity contribution in [2.45, 2.75) is 11.4 Å². The van der Waals surface area contributed by atoms with E-state index in [0.717, 1.165) is 24.3 Å². The molecule has 0 radical (unpaired) electrons. The van der Waals surface area contributed by atoms with Gasteiger partial charge in [-0.05, 0) is 11.6 Å². The van der Waals surface area contributed by atoms with E-state index in [1.807, 2.05) is 0 Å². The molecule has 0 aromatic heterocycles. The molecule has 0 saturated carbocycles. The second kappa shape index (κ2) is 7.88. The minimum atomic E-state index is -4.52. The number of benzene rings is 2. The molecule has 11 nitrogen and oxygen atoms in total.